The van der Waals surface area contributed by atoms with Crippen LogP contribution in [0.2, 0.25) is 0 Å². The molecule has 0 saturated heterocycles. The first-order chi connectivity index (χ1) is 9.21. The van der Waals surface area contributed by atoms with E-state index in [9.17, 15) is 0 Å². The minimum Gasteiger partial charge on any atom is -0.314 e. The number of nitrogens with one attached hydrogen (secondary N) is 1. The lowest BCUT2D eigenvalue weighted by Gasteiger charge is -2.27. The normalized spacial score (nSPS) is 14.3. The zero-order valence-corrected chi connectivity index (χ0v) is 14.0. The Balaban J connectivity index is 2.66. The first kappa shape index (κ1) is 16.6. The molecule has 3 heteroatoms. The smallest absolute Gasteiger partial charge is 0.0420 e. The molecule has 0 bridgehead atoms. The molecule has 0 aliphatic heterocycles. The van der Waals surface area contributed by atoms with Gasteiger partial charge >= 0.3 is 0 Å². The zero-order valence-electron chi connectivity index (χ0n) is 12.5. The number of rotatable bonds is 9. The quantitative estimate of drug-likeness (QED) is 0.718. The van der Waals surface area contributed by atoms with Gasteiger partial charge in [-0.1, -0.05) is 40.0 Å². The maximum absolute atomic E-state index is 4.51. The number of nitrogens with zero attached hydrogens (tertiary/aromatic N) is 1. The van der Waals surface area contributed by atoms with Gasteiger partial charge in [-0.3, -0.25) is 4.98 Å². The summed E-state index contributed by atoms with van der Waals surface area (Å²) in [5, 5.41) is 3.65. The van der Waals surface area contributed by atoms with E-state index in [0.717, 1.165) is 23.4 Å². The van der Waals surface area contributed by atoms with E-state index in [1.165, 1.54) is 31.4 Å². The van der Waals surface area contributed by atoms with Crippen molar-refractivity contribution in [3.63, 3.8) is 0 Å². The molecule has 0 aromatic carbocycles. The van der Waals surface area contributed by atoms with Crippen molar-refractivity contribution in [1.29, 1.82) is 0 Å². The predicted molar refractivity (Wildman–Crippen MR) is 86.4 cm³/mol. The van der Waals surface area contributed by atoms with Crippen LogP contribution in [0.4, 0.5) is 0 Å². The lowest BCUT2D eigenvalue weighted by atomic mass is 9.88. The highest BCUT2D eigenvalue weighted by Crippen LogP contribution is 2.20. The van der Waals surface area contributed by atoms with Crippen LogP contribution in [0.1, 0.15) is 52.1 Å². The van der Waals surface area contributed by atoms with Gasteiger partial charge in [-0.25, -0.2) is 0 Å². The van der Waals surface area contributed by atoms with E-state index in [1.807, 2.05) is 6.20 Å². The number of aromatic nitrogens is 1. The summed E-state index contributed by atoms with van der Waals surface area (Å²) in [6.45, 7) is 7.79. The summed E-state index contributed by atoms with van der Waals surface area (Å²) in [4.78, 5) is 4.51. The highest BCUT2D eigenvalue weighted by molar-refractivity contribution is 9.10. The topological polar surface area (TPSA) is 24.9 Å². The largest absolute Gasteiger partial charge is 0.314 e. The SMILES string of the molecule is CCCCC(CC)C(Cc1ccc(Br)cn1)NCC. The number of pyridine rings is 1. The summed E-state index contributed by atoms with van der Waals surface area (Å²) in [6, 6.07) is 4.76. The van der Waals surface area contributed by atoms with Crippen molar-refractivity contribution in [2.45, 2.75) is 58.9 Å². The van der Waals surface area contributed by atoms with Crippen LogP contribution in [0.5, 0.6) is 0 Å². The van der Waals surface area contributed by atoms with Crippen LogP contribution in [0.3, 0.4) is 0 Å². The third kappa shape index (κ3) is 6.05. The van der Waals surface area contributed by atoms with Gasteiger partial charge in [0.1, 0.15) is 0 Å². The molecule has 2 unspecified atom stereocenters. The van der Waals surface area contributed by atoms with E-state index in [1.54, 1.807) is 0 Å². The summed E-state index contributed by atoms with van der Waals surface area (Å²) in [5.41, 5.74) is 1.18. The number of unbranched alkanes of at least 4 members (excludes halogenated alkanes) is 1. The molecule has 1 N–H and O–H groups in total. The van der Waals surface area contributed by atoms with Crippen molar-refractivity contribution in [3.8, 4) is 0 Å². The van der Waals surface area contributed by atoms with E-state index in [4.69, 9.17) is 0 Å². The van der Waals surface area contributed by atoms with Crippen molar-refractivity contribution >= 4 is 15.9 Å². The van der Waals surface area contributed by atoms with E-state index >= 15 is 0 Å². The second-order valence-corrected chi connectivity index (χ2v) is 6.06. The summed E-state index contributed by atoms with van der Waals surface area (Å²) in [7, 11) is 0. The molecule has 108 valence electrons. The molecular weight excluding hydrogens is 300 g/mol. The van der Waals surface area contributed by atoms with Gasteiger partial charge in [0.05, 0.1) is 0 Å². The molecular formula is C16H27BrN2. The molecule has 0 aliphatic carbocycles. The van der Waals surface area contributed by atoms with Crippen LogP contribution >= 0.6 is 15.9 Å². The van der Waals surface area contributed by atoms with Gasteiger partial charge in [-0.15, -0.1) is 0 Å². The van der Waals surface area contributed by atoms with Crippen LogP contribution in [-0.2, 0) is 6.42 Å². The maximum Gasteiger partial charge on any atom is 0.0420 e. The van der Waals surface area contributed by atoms with Crippen LogP contribution in [-0.4, -0.2) is 17.6 Å². The minimum atomic E-state index is 0.551. The second kappa shape index (κ2) is 9.49. The van der Waals surface area contributed by atoms with Crippen molar-refractivity contribution in [1.82, 2.24) is 10.3 Å². The number of hydrogen-bond donors (Lipinski definition) is 1. The van der Waals surface area contributed by atoms with Gasteiger partial charge in [-0.05, 0) is 46.9 Å². The summed E-state index contributed by atoms with van der Waals surface area (Å²) in [6.07, 6.45) is 8.10. The fourth-order valence-corrected chi connectivity index (χ4v) is 2.81. The molecule has 0 amide bonds. The standard InChI is InChI=1S/C16H27BrN2/c1-4-7-8-13(5-2)16(18-6-3)11-15-10-9-14(17)12-19-15/h9-10,12-13,16,18H,4-8,11H2,1-3H3. The Labute approximate surface area is 126 Å². The molecule has 0 spiro atoms. The fraction of sp³-hybridized carbons (Fsp3) is 0.688. The summed E-state index contributed by atoms with van der Waals surface area (Å²) in [5.74, 6) is 0.755. The van der Waals surface area contributed by atoms with Crippen LogP contribution in [0.15, 0.2) is 22.8 Å². The van der Waals surface area contributed by atoms with Crippen molar-refractivity contribution in [2.75, 3.05) is 6.54 Å². The first-order valence-corrected chi connectivity index (χ1v) is 8.34. The Morgan fingerprint density at radius 3 is 2.58 bits per heavy atom. The molecule has 2 atom stereocenters. The molecule has 19 heavy (non-hydrogen) atoms. The predicted octanol–water partition coefficient (Wildman–Crippen LogP) is 4.58. The van der Waals surface area contributed by atoms with E-state index in [0.29, 0.717) is 6.04 Å². The highest BCUT2D eigenvalue weighted by Gasteiger charge is 2.19. The van der Waals surface area contributed by atoms with E-state index < -0.39 is 0 Å². The lowest BCUT2D eigenvalue weighted by Crippen LogP contribution is -2.38. The first-order valence-electron chi connectivity index (χ1n) is 7.55. The molecule has 0 fully saturated rings. The van der Waals surface area contributed by atoms with Gasteiger partial charge in [-0.2, -0.15) is 0 Å². The molecule has 1 rings (SSSR count). The van der Waals surface area contributed by atoms with Gasteiger partial charge < -0.3 is 5.32 Å². The molecule has 2 nitrogen and oxygen atoms in total. The van der Waals surface area contributed by atoms with Gasteiger partial charge in [0.15, 0.2) is 0 Å². The second-order valence-electron chi connectivity index (χ2n) is 5.15. The molecule has 1 heterocycles. The van der Waals surface area contributed by atoms with E-state index in [2.05, 4.69) is 59.1 Å². The van der Waals surface area contributed by atoms with Crippen LogP contribution < -0.4 is 5.32 Å². The van der Waals surface area contributed by atoms with Crippen molar-refractivity contribution in [3.05, 3.63) is 28.5 Å². The van der Waals surface area contributed by atoms with E-state index in [-0.39, 0.29) is 0 Å². The number of hydrogen-bond acceptors (Lipinski definition) is 2. The highest BCUT2D eigenvalue weighted by atomic mass is 79.9. The van der Waals surface area contributed by atoms with Crippen LogP contribution in [0.25, 0.3) is 0 Å². The molecule has 0 aliphatic rings. The maximum atomic E-state index is 4.51. The third-order valence-electron chi connectivity index (χ3n) is 3.71. The number of likely N-dealkylation sites (N-methyl/N-ethyl adjacent to an activating group) is 1. The Morgan fingerprint density at radius 1 is 1.26 bits per heavy atom. The minimum absolute atomic E-state index is 0.551. The molecule has 0 saturated carbocycles. The Morgan fingerprint density at radius 2 is 2.05 bits per heavy atom. The molecule has 1 aromatic heterocycles. The molecule has 0 radical (unpaired) electrons. The van der Waals surface area contributed by atoms with Gasteiger partial charge in [0, 0.05) is 28.8 Å². The summed E-state index contributed by atoms with van der Waals surface area (Å²) < 4.78 is 1.05. The Bertz CT molecular complexity index is 337. The average Bonchev–Trinajstić information content (AvgIpc) is 2.42. The van der Waals surface area contributed by atoms with Crippen LogP contribution in [0, 0.1) is 5.92 Å². The zero-order chi connectivity index (χ0) is 14.1. The monoisotopic (exact) mass is 326 g/mol. The van der Waals surface area contributed by atoms with Gasteiger partial charge in [0.25, 0.3) is 0 Å². The lowest BCUT2D eigenvalue weighted by molar-refractivity contribution is 0.318. The van der Waals surface area contributed by atoms with Crippen molar-refractivity contribution < 1.29 is 0 Å². The van der Waals surface area contributed by atoms with Crippen molar-refractivity contribution in [2.24, 2.45) is 5.92 Å². The summed E-state index contributed by atoms with van der Waals surface area (Å²) >= 11 is 3.44. The Hall–Kier alpha value is -0.410. The Kier molecular flexibility index (Phi) is 8.31. The average molecular weight is 327 g/mol. The third-order valence-corrected chi connectivity index (χ3v) is 4.17. The van der Waals surface area contributed by atoms with Gasteiger partial charge in [0.2, 0.25) is 0 Å². The molecule has 1 aromatic rings. The fourth-order valence-electron chi connectivity index (χ4n) is 2.58. The number of halogens is 1.